The van der Waals surface area contributed by atoms with Crippen LogP contribution < -0.4 is 0 Å². The average molecular weight is 251 g/mol. The maximum atomic E-state index is 12.2. The van der Waals surface area contributed by atoms with Crippen LogP contribution in [0.5, 0.6) is 11.5 Å². The first kappa shape index (κ1) is 12.7. The van der Waals surface area contributed by atoms with E-state index in [-0.39, 0.29) is 29.6 Å². The Labute approximate surface area is 105 Å². The fourth-order valence-corrected chi connectivity index (χ4v) is 2.31. The Morgan fingerprint density at radius 2 is 2.17 bits per heavy atom. The van der Waals surface area contributed by atoms with Crippen LogP contribution in [0.3, 0.4) is 0 Å². The van der Waals surface area contributed by atoms with Crippen molar-refractivity contribution in [3.8, 4) is 11.5 Å². The van der Waals surface area contributed by atoms with Gasteiger partial charge in [-0.25, -0.2) is 0 Å². The van der Waals surface area contributed by atoms with Gasteiger partial charge in [0.25, 0.3) is 5.91 Å². The minimum atomic E-state index is -0.229. The molecule has 1 aromatic rings. The van der Waals surface area contributed by atoms with Crippen LogP contribution in [0, 0.1) is 5.92 Å². The van der Waals surface area contributed by atoms with Gasteiger partial charge in [-0.05, 0) is 30.9 Å². The van der Waals surface area contributed by atoms with Crippen molar-refractivity contribution in [2.45, 2.75) is 12.8 Å². The second-order valence-electron chi connectivity index (χ2n) is 4.62. The first-order valence-corrected chi connectivity index (χ1v) is 6.04. The number of hydrogen-bond donors (Lipinski definition) is 3. The van der Waals surface area contributed by atoms with E-state index in [1.165, 1.54) is 12.1 Å². The van der Waals surface area contributed by atoms with E-state index in [4.69, 9.17) is 5.11 Å². The van der Waals surface area contributed by atoms with Crippen molar-refractivity contribution in [1.82, 2.24) is 4.90 Å². The van der Waals surface area contributed by atoms with Gasteiger partial charge >= 0.3 is 0 Å². The van der Waals surface area contributed by atoms with Crippen LogP contribution in [-0.4, -0.2) is 45.8 Å². The van der Waals surface area contributed by atoms with Crippen LogP contribution >= 0.6 is 0 Å². The molecule has 5 heteroatoms. The normalized spacial score (nSPS) is 19.2. The molecule has 1 unspecified atom stereocenters. The third kappa shape index (κ3) is 2.56. The Hall–Kier alpha value is -1.75. The van der Waals surface area contributed by atoms with Gasteiger partial charge < -0.3 is 20.2 Å². The number of aromatic hydroxyl groups is 2. The highest BCUT2D eigenvalue weighted by atomic mass is 16.3. The topological polar surface area (TPSA) is 81.0 Å². The Balaban J connectivity index is 2.08. The number of phenols is 2. The molecular weight excluding hydrogens is 234 g/mol. The summed E-state index contributed by atoms with van der Waals surface area (Å²) in [5.41, 5.74) is 0.206. The molecule has 1 amide bonds. The van der Waals surface area contributed by atoms with Crippen molar-refractivity contribution < 1.29 is 20.1 Å². The van der Waals surface area contributed by atoms with Crippen LogP contribution in [0.4, 0.5) is 0 Å². The van der Waals surface area contributed by atoms with Gasteiger partial charge in [-0.15, -0.1) is 0 Å². The zero-order valence-electron chi connectivity index (χ0n) is 10.0. The molecule has 1 saturated heterocycles. The van der Waals surface area contributed by atoms with E-state index in [9.17, 15) is 15.0 Å². The van der Waals surface area contributed by atoms with Gasteiger partial charge in [0.1, 0.15) is 11.5 Å². The van der Waals surface area contributed by atoms with E-state index in [1.54, 1.807) is 4.90 Å². The van der Waals surface area contributed by atoms with Crippen molar-refractivity contribution in [1.29, 1.82) is 0 Å². The molecule has 1 aliphatic heterocycles. The van der Waals surface area contributed by atoms with Gasteiger partial charge in [0.05, 0.1) is 5.56 Å². The second-order valence-corrected chi connectivity index (χ2v) is 4.62. The molecule has 5 nitrogen and oxygen atoms in total. The summed E-state index contributed by atoms with van der Waals surface area (Å²) in [6.07, 6.45) is 1.58. The molecule has 0 radical (unpaired) electrons. The van der Waals surface area contributed by atoms with Crippen molar-refractivity contribution in [3.05, 3.63) is 23.8 Å². The number of hydrogen-bond acceptors (Lipinski definition) is 4. The van der Waals surface area contributed by atoms with Crippen LogP contribution in [0.1, 0.15) is 23.2 Å². The summed E-state index contributed by atoms with van der Waals surface area (Å²) in [6, 6.07) is 3.97. The minimum Gasteiger partial charge on any atom is -0.508 e. The molecule has 18 heavy (non-hydrogen) atoms. The monoisotopic (exact) mass is 251 g/mol. The lowest BCUT2D eigenvalue weighted by molar-refractivity contribution is 0.0781. The highest BCUT2D eigenvalue weighted by Crippen LogP contribution is 2.27. The number of benzene rings is 1. The van der Waals surface area contributed by atoms with Crippen LogP contribution in [0.2, 0.25) is 0 Å². The second kappa shape index (κ2) is 5.27. The van der Waals surface area contributed by atoms with E-state index >= 15 is 0 Å². The number of carbonyl (C=O) groups excluding carboxylic acids is 1. The quantitative estimate of drug-likeness (QED) is 0.747. The molecule has 1 aliphatic rings. The number of nitrogens with zero attached hydrogens (tertiary/aromatic N) is 1. The summed E-state index contributed by atoms with van der Waals surface area (Å²) < 4.78 is 0. The SMILES string of the molecule is O=C(c1ccc(O)cc1O)N1CCC(CCO)C1. The first-order chi connectivity index (χ1) is 8.61. The maximum Gasteiger partial charge on any atom is 0.257 e. The van der Waals surface area contributed by atoms with Gasteiger partial charge in [-0.3, -0.25) is 4.79 Å². The fourth-order valence-electron chi connectivity index (χ4n) is 2.31. The summed E-state index contributed by atoms with van der Waals surface area (Å²) >= 11 is 0. The minimum absolute atomic E-state index is 0.0661. The lowest BCUT2D eigenvalue weighted by Crippen LogP contribution is -2.28. The molecule has 0 bridgehead atoms. The number of aliphatic hydroxyl groups excluding tert-OH is 1. The van der Waals surface area contributed by atoms with Crippen molar-refractivity contribution in [3.63, 3.8) is 0 Å². The van der Waals surface area contributed by atoms with Gasteiger partial charge in [0, 0.05) is 25.8 Å². The highest BCUT2D eigenvalue weighted by Gasteiger charge is 2.27. The van der Waals surface area contributed by atoms with Crippen LogP contribution in [0.25, 0.3) is 0 Å². The molecule has 1 heterocycles. The Morgan fingerprint density at radius 3 is 2.83 bits per heavy atom. The maximum absolute atomic E-state index is 12.2. The third-order valence-corrected chi connectivity index (χ3v) is 3.32. The zero-order chi connectivity index (χ0) is 13.1. The standard InChI is InChI=1S/C13H17NO4/c15-6-4-9-3-5-14(8-9)13(18)11-2-1-10(16)7-12(11)17/h1-2,7,9,15-17H,3-6,8H2. The molecule has 1 atom stereocenters. The zero-order valence-corrected chi connectivity index (χ0v) is 10.0. The summed E-state index contributed by atoms with van der Waals surface area (Å²) in [4.78, 5) is 13.8. The number of phenolic OH excluding ortho intramolecular Hbond substituents is 2. The molecule has 3 N–H and O–H groups in total. The molecule has 0 spiro atoms. The summed E-state index contributed by atoms with van der Waals surface area (Å²) in [6.45, 7) is 1.39. The average Bonchev–Trinajstić information content (AvgIpc) is 2.77. The van der Waals surface area contributed by atoms with Gasteiger partial charge in [-0.2, -0.15) is 0 Å². The predicted octanol–water partition coefficient (Wildman–Crippen LogP) is 0.942. The molecule has 98 valence electrons. The number of rotatable bonds is 3. The Kier molecular flexibility index (Phi) is 3.72. The third-order valence-electron chi connectivity index (χ3n) is 3.32. The molecule has 0 aliphatic carbocycles. The van der Waals surface area contributed by atoms with E-state index < -0.39 is 0 Å². The van der Waals surface area contributed by atoms with Crippen molar-refractivity contribution in [2.24, 2.45) is 5.92 Å². The van der Waals surface area contributed by atoms with E-state index in [2.05, 4.69) is 0 Å². The Morgan fingerprint density at radius 1 is 1.39 bits per heavy atom. The molecule has 2 rings (SSSR count). The van der Waals surface area contributed by atoms with Gasteiger partial charge in [0.15, 0.2) is 0 Å². The fraction of sp³-hybridized carbons (Fsp3) is 0.462. The highest BCUT2D eigenvalue weighted by molar-refractivity contribution is 5.97. The largest absolute Gasteiger partial charge is 0.508 e. The Bertz CT molecular complexity index is 447. The number of carbonyl (C=O) groups is 1. The van der Waals surface area contributed by atoms with E-state index in [0.717, 1.165) is 12.5 Å². The number of amides is 1. The summed E-state index contributed by atoms with van der Waals surface area (Å²) in [7, 11) is 0. The molecular formula is C13H17NO4. The summed E-state index contributed by atoms with van der Waals surface area (Å²) in [5, 5.41) is 27.7. The van der Waals surface area contributed by atoms with Crippen molar-refractivity contribution >= 4 is 5.91 Å². The van der Waals surface area contributed by atoms with Gasteiger partial charge in [-0.1, -0.05) is 0 Å². The van der Waals surface area contributed by atoms with Crippen LogP contribution in [-0.2, 0) is 0 Å². The van der Waals surface area contributed by atoms with Crippen molar-refractivity contribution in [2.75, 3.05) is 19.7 Å². The lowest BCUT2D eigenvalue weighted by Gasteiger charge is -2.17. The number of likely N-dealkylation sites (tertiary alicyclic amines) is 1. The molecule has 1 fully saturated rings. The van der Waals surface area contributed by atoms with E-state index in [1.807, 2.05) is 0 Å². The molecule has 0 aromatic heterocycles. The first-order valence-electron chi connectivity index (χ1n) is 6.04. The smallest absolute Gasteiger partial charge is 0.257 e. The number of aliphatic hydroxyl groups is 1. The molecule has 1 aromatic carbocycles. The van der Waals surface area contributed by atoms with Crippen LogP contribution in [0.15, 0.2) is 18.2 Å². The predicted molar refractivity (Wildman–Crippen MR) is 65.5 cm³/mol. The lowest BCUT2D eigenvalue weighted by atomic mass is 10.1. The molecule has 0 saturated carbocycles. The summed E-state index contributed by atoms with van der Waals surface area (Å²) in [5.74, 6) is -0.166. The van der Waals surface area contributed by atoms with E-state index in [0.29, 0.717) is 25.4 Å². The van der Waals surface area contributed by atoms with Gasteiger partial charge in [0.2, 0.25) is 0 Å².